The van der Waals surface area contributed by atoms with Gasteiger partial charge in [0, 0.05) is 17.0 Å². The van der Waals surface area contributed by atoms with Crippen molar-refractivity contribution in [2.24, 2.45) is 0 Å². The minimum Gasteiger partial charge on any atom is -0.481 e. The smallest absolute Gasteiger partial charge is 0.330 e. The molecule has 0 aromatic heterocycles. The lowest BCUT2D eigenvalue weighted by molar-refractivity contribution is -0.163. The number of anilines is 1. The summed E-state index contributed by atoms with van der Waals surface area (Å²) in [6.45, 7) is 4.69. The SMILES string of the molecule is CC(C)(C)OC(=O)C1CSC(c2ccccc2F)N1C(=O)CNC(=O)Nc1cccc(CC(=O)O)c1. The molecule has 192 valence electrons. The lowest BCUT2D eigenvalue weighted by Crippen LogP contribution is -2.49. The van der Waals surface area contributed by atoms with Crippen LogP contribution in [0.5, 0.6) is 0 Å². The molecule has 3 amide bonds. The molecule has 36 heavy (non-hydrogen) atoms. The highest BCUT2D eigenvalue weighted by Gasteiger charge is 2.44. The molecule has 0 radical (unpaired) electrons. The fourth-order valence-corrected chi connectivity index (χ4v) is 5.09. The Hall–Kier alpha value is -3.60. The molecule has 3 N–H and O–H groups in total. The Bertz CT molecular complexity index is 1150. The number of aliphatic carboxylic acids is 1. The minimum atomic E-state index is -1.00. The van der Waals surface area contributed by atoms with Gasteiger partial charge >= 0.3 is 18.0 Å². The molecule has 2 atom stereocenters. The van der Waals surface area contributed by atoms with Gasteiger partial charge in [-0.25, -0.2) is 14.0 Å². The van der Waals surface area contributed by atoms with E-state index in [4.69, 9.17) is 9.84 Å². The van der Waals surface area contributed by atoms with Crippen LogP contribution in [0.3, 0.4) is 0 Å². The van der Waals surface area contributed by atoms with Crippen LogP contribution in [0.25, 0.3) is 0 Å². The molecule has 1 fully saturated rings. The van der Waals surface area contributed by atoms with Gasteiger partial charge in [0.1, 0.15) is 22.8 Å². The van der Waals surface area contributed by atoms with E-state index in [1.54, 1.807) is 51.1 Å². The van der Waals surface area contributed by atoms with Crippen molar-refractivity contribution in [1.82, 2.24) is 10.2 Å². The van der Waals surface area contributed by atoms with E-state index in [2.05, 4.69) is 10.6 Å². The van der Waals surface area contributed by atoms with E-state index in [1.165, 1.54) is 34.9 Å². The Balaban J connectivity index is 1.72. The summed E-state index contributed by atoms with van der Waals surface area (Å²) in [4.78, 5) is 50.7. The Morgan fingerprint density at radius 3 is 2.53 bits per heavy atom. The first-order valence-electron chi connectivity index (χ1n) is 11.2. The lowest BCUT2D eigenvalue weighted by Gasteiger charge is -2.30. The Morgan fingerprint density at radius 2 is 1.86 bits per heavy atom. The maximum absolute atomic E-state index is 14.6. The zero-order chi connectivity index (χ0) is 26.5. The average molecular weight is 518 g/mol. The molecule has 2 aromatic carbocycles. The van der Waals surface area contributed by atoms with E-state index in [9.17, 15) is 23.6 Å². The van der Waals surface area contributed by atoms with Gasteiger partial charge in [0.15, 0.2) is 0 Å². The number of carbonyl (C=O) groups excluding carboxylic acids is 3. The molecule has 3 rings (SSSR count). The van der Waals surface area contributed by atoms with E-state index in [-0.39, 0.29) is 17.7 Å². The number of urea groups is 1. The van der Waals surface area contributed by atoms with Gasteiger partial charge in [-0.2, -0.15) is 0 Å². The van der Waals surface area contributed by atoms with Gasteiger partial charge in [0.25, 0.3) is 0 Å². The summed E-state index contributed by atoms with van der Waals surface area (Å²) in [5, 5.41) is 13.2. The highest BCUT2D eigenvalue weighted by Crippen LogP contribution is 2.42. The lowest BCUT2D eigenvalue weighted by atomic mass is 10.1. The van der Waals surface area contributed by atoms with Crippen molar-refractivity contribution < 1.29 is 33.4 Å². The van der Waals surface area contributed by atoms with Crippen molar-refractivity contribution in [3.05, 3.63) is 65.5 Å². The third-order valence-electron chi connectivity index (χ3n) is 5.08. The van der Waals surface area contributed by atoms with Gasteiger partial charge < -0.3 is 25.4 Å². The molecule has 1 aliphatic heterocycles. The average Bonchev–Trinajstić information content (AvgIpc) is 3.22. The molecular weight excluding hydrogens is 489 g/mol. The molecule has 11 heteroatoms. The van der Waals surface area contributed by atoms with Crippen LogP contribution in [0, 0.1) is 5.82 Å². The summed E-state index contributed by atoms with van der Waals surface area (Å²) >= 11 is 1.24. The Kier molecular flexibility index (Phi) is 8.57. The third kappa shape index (κ3) is 7.20. The van der Waals surface area contributed by atoms with Crippen molar-refractivity contribution in [3.63, 3.8) is 0 Å². The van der Waals surface area contributed by atoms with Gasteiger partial charge in [0.05, 0.1) is 13.0 Å². The summed E-state index contributed by atoms with van der Waals surface area (Å²) in [6, 6.07) is 10.7. The van der Waals surface area contributed by atoms with Crippen LogP contribution in [0.2, 0.25) is 0 Å². The summed E-state index contributed by atoms with van der Waals surface area (Å²) in [7, 11) is 0. The van der Waals surface area contributed by atoms with Crippen molar-refractivity contribution in [2.45, 2.75) is 44.2 Å². The number of amides is 3. The predicted octanol–water partition coefficient (Wildman–Crippen LogP) is 3.56. The normalized spacial score (nSPS) is 17.4. The number of rotatable bonds is 7. The van der Waals surface area contributed by atoms with Crippen LogP contribution in [-0.4, -0.2) is 57.8 Å². The Labute approximate surface area is 212 Å². The number of benzene rings is 2. The summed E-state index contributed by atoms with van der Waals surface area (Å²) in [5.74, 6) is -2.50. The summed E-state index contributed by atoms with van der Waals surface area (Å²) in [6.07, 6.45) is -0.203. The number of carboxylic acid groups (broad SMARTS) is 1. The second kappa shape index (κ2) is 11.4. The number of hydrogen-bond donors (Lipinski definition) is 3. The number of ether oxygens (including phenoxy) is 1. The largest absolute Gasteiger partial charge is 0.481 e. The van der Waals surface area contributed by atoms with E-state index in [1.807, 2.05) is 0 Å². The van der Waals surface area contributed by atoms with Crippen LogP contribution in [0.4, 0.5) is 14.9 Å². The highest BCUT2D eigenvalue weighted by molar-refractivity contribution is 7.99. The number of thioether (sulfide) groups is 1. The van der Waals surface area contributed by atoms with Crippen LogP contribution < -0.4 is 10.6 Å². The number of carbonyl (C=O) groups is 4. The van der Waals surface area contributed by atoms with Crippen LogP contribution in [0.15, 0.2) is 48.5 Å². The maximum atomic E-state index is 14.6. The third-order valence-corrected chi connectivity index (χ3v) is 6.38. The van der Waals surface area contributed by atoms with Gasteiger partial charge in [-0.1, -0.05) is 30.3 Å². The fourth-order valence-electron chi connectivity index (χ4n) is 3.63. The maximum Gasteiger partial charge on any atom is 0.330 e. The molecule has 0 aliphatic carbocycles. The predicted molar refractivity (Wildman–Crippen MR) is 133 cm³/mol. The molecule has 1 aliphatic rings. The van der Waals surface area contributed by atoms with E-state index < -0.39 is 53.3 Å². The number of nitrogens with one attached hydrogen (secondary N) is 2. The van der Waals surface area contributed by atoms with Crippen molar-refractivity contribution in [1.29, 1.82) is 0 Å². The molecule has 0 spiro atoms. The molecule has 2 aromatic rings. The van der Waals surface area contributed by atoms with E-state index in [0.29, 0.717) is 11.3 Å². The first-order valence-corrected chi connectivity index (χ1v) is 12.2. The van der Waals surface area contributed by atoms with Gasteiger partial charge in [-0.15, -0.1) is 11.8 Å². The standard InChI is InChI=1S/C25H28FN3O6S/c1-25(2,3)35-23(33)19-14-36-22(17-9-4-5-10-18(17)26)29(19)20(30)13-27-24(34)28-16-8-6-7-15(11-16)12-21(31)32/h4-11,19,22H,12-14H2,1-3H3,(H,31,32)(H2,27,28,34). The van der Waals surface area contributed by atoms with Crippen molar-refractivity contribution in [3.8, 4) is 0 Å². The molecule has 2 unspecified atom stereocenters. The second-order valence-electron chi connectivity index (χ2n) is 9.14. The van der Waals surface area contributed by atoms with Crippen LogP contribution >= 0.6 is 11.8 Å². The van der Waals surface area contributed by atoms with Crippen molar-refractivity contribution in [2.75, 3.05) is 17.6 Å². The first-order chi connectivity index (χ1) is 16.9. The van der Waals surface area contributed by atoms with Crippen LogP contribution in [-0.2, 0) is 25.5 Å². The fraction of sp³-hybridized carbons (Fsp3) is 0.360. The van der Waals surface area contributed by atoms with Crippen molar-refractivity contribution >= 4 is 41.3 Å². The molecule has 9 nitrogen and oxygen atoms in total. The number of carboxylic acids is 1. The number of esters is 1. The summed E-state index contributed by atoms with van der Waals surface area (Å²) < 4.78 is 20.0. The molecular formula is C25H28FN3O6S. The second-order valence-corrected chi connectivity index (χ2v) is 10.2. The molecule has 1 saturated heterocycles. The zero-order valence-corrected chi connectivity index (χ0v) is 20.9. The first kappa shape index (κ1) is 27.0. The minimum absolute atomic E-state index is 0.203. The zero-order valence-electron chi connectivity index (χ0n) is 20.1. The van der Waals surface area contributed by atoms with E-state index in [0.717, 1.165) is 0 Å². The Morgan fingerprint density at radius 1 is 1.14 bits per heavy atom. The van der Waals surface area contributed by atoms with E-state index >= 15 is 0 Å². The molecule has 0 saturated carbocycles. The monoisotopic (exact) mass is 517 g/mol. The highest BCUT2D eigenvalue weighted by atomic mass is 32.2. The van der Waals surface area contributed by atoms with Gasteiger partial charge in [-0.05, 0) is 44.5 Å². The molecule has 1 heterocycles. The van der Waals surface area contributed by atoms with Crippen LogP contribution in [0.1, 0.15) is 37.3 Å². The van der Waals surface area contributed by atoms with Gasteiger partial charge in [-0.3, -0.25) is 9.59 Å². The summed E-state index contributed by atoms with van der Waals surface area (Å²) in [5.41, 5.74) is 0.325. The quantitative estimate of drug-likeness (QED) is 0.480. The number of hydrogen-bond acceptors (Lipinski definition) is 6. The molecule has 0 bridgehead atoms. The topological polar surface area (TPSA) is 125 Å². The number of halogens is 1. The van der Waals surface area contributed by atoms with Gasteiger partial charge in [0.2, 0.25) is 5.91 Å². The number of nitrogens with zero attached hydrogens (tertiary/aromatic N) is 1.